The summed E-state index contributed by atoms with van der Waals surface area (Å²) in [5, 5.41) is 21.8. The van der Waals surface area contributed by atoms with Crippen LogP contribution in [-0.2, 0) is 30.0 Å². The molecule has 37 heavy (non-hydrogen) atoms. The Balaban J connectivity index is 0.00000380. The van der Waals surface area contributed by atoms with E-state index in [4.69, 9.17) is 0 Å². The van der Waals surface area contributed by atoms with Crippen molar-refractivity contribution in [3.05, 3.63) is 28.8 Å². The topological polar surface area (TPSA) is 211 Å². The van der Waals surface area contributed by atoms with Crippen molar-refractivity contribution in [2.24, 2.45) is 5.92 Å². The predicted molar refractivity (Wildman–Crippen MR) is 122 cm³/mol. The van der Waals surface area contributed by atoms with Crippen LogP contribution in [0.2, 0.25) is 0 Å². The Labute approximate surface area is 237 Å². The van der Waals surface area contributed by atoms with Gasteiger partial charge in [0.05, 0.1) is 41.2 Å². The van der Waals surface area contributed by atoms with E-state index in [1.54, 1.807) is 0 Å². The molecule has 2 aromatic rings. The van der Waals surface area contributed by atoms with Gasteiger partial charge in [-0.15, -0.1) is 11.3 Å². The second-order valence-electron chi connectivity index (χ2n) is 8.03. The Hall–Kier alpha value is -1.74. The molecule has 0 radical (unpaired) electrons. The molecule has 2 aromatic heterocycles. The Kier molecular flexibility index (Phi) is 8.41. The van der Waals surface area contributed by atoms with E-state index in [2.05, 4.69) is 4.98 Å². The summed E-state index contributed by atoms with van der Waals surface area (Å²) in [6, 6.07) is -0.548. The normalized spacial score (nSPS) is 20.7. The van der Waals surface area contributed by atoms with Crippen LogP contribution in [0.4, 0.5) is 0 Å². The minimum atomic E-state index is -4.57. The van der Waals surface area contributed by atoms with Gasteiger partial charge in [-0.1, -0.05) is 3.71 Å². The maximum atomic E-state index is 12.9. The largest absolute Gasteiger partial charge is 1.00 e. The number of ketones is 1. The summed E-state index contributed by atoms with van der Waals surface area (Å²) in [6.07, 6.45) is 1.89. The van der Waals surface area contributed by atoms with Crippen LogP contribution < -0.4 is 44.1 Å². The van der Waals surface area contributed by atoms with Crippen molar-refractivity contribution in [3.8, 4) is 0 Å². The number of β-lactam (4-membered cyclic amide) rings is 1. The van der Waals surface area contributed by atoms with Crippen LogP contribution in [0.25, 0.3) is 10.4 Å². The molecule has 19 heteroatoms. The summed E-state index contributed by atoms with van der Waals surface area (Å²) in [6.45, 7) is 0.362. The van der Waals surface area contributed by atoms with Crippen LogP contribution >= 0.6 is 11.3 Å². The zero-order valence-electron chi connectivity index (χ0n) is 20.0. The number of aromatic nitrogens is 2. The van der Waals surface area contributed by atoms with Gasteiger partial charge in [-0.25, -0.2) is 14.4 Å². The summed E-state index contributed by atoms with van der Waals surface area (Å²) >= 11 is 0.955. The van der Waals surface area contributed by atoms with Crippen molar-refractivity contribution >= 4 is 59.8 Å². The van der Waals surface area contributed by atoms with Crippen molar-refractivity contribution in [2.75, 3.05) is 20.6 Å². The first-order valence-corrected chi connectivity index (χ1v) is 14.0. The molecule has 1 amide bonds. The van der Waals surface area contributed by atoms with Gasteiger partial charge in [0, 0.05) is 20.3 Å². The van der Waals surface area contributed by atoms with Crippen LogP contribution in [0.1, 0.15) is 28.7 Å². The molecule has 196 valence electrons. The fourth-order valence-corrected chi connectivity index (χ4v) is 7.91. The third kappa shape index (κ3) is 4.90. The van der Waals surface area contributed by atoms with Gasteiger partial charge >= 0.3 is 29.6 Å². The molecule has 2 aliphatic heterocycles. The van der Waals surface area contributed by atoms with Crippen LogP contribution in [0, 0.1) is 5.92 Å². The number of imidazole rings is 1. The number of thiazole rings is 1. The van der Waals surface area contributed by atoms with Crippen molar-refractivity contribution in [3.63, 3.8) is 0 Å². The number of nitrogens with one attached hydrogen (secondary N) is 2. The summed E-state index contributed by atoms with van der Waals surface area (Å²) in [4.78, 5) is 42.9. The van der Waals surface area contributed by atoms with Gasteiger partial charge < -0.3 is 19.9 Å². The molecule has 0 aromatic carbocycles. The summed E-state index contributed by atoms with van der Waals surface area (Å²) in [5.41, 5.74) is -0.275. The number of aliphatic hydroxyl groups excluding tert-OH is 1. The van der Waals surface area contributed by atoms with E-state index >= 15 is 0 Å². The first kappa shape index (κ1) is 29.8. The number of carbonyl (C=O) groups is 3. The number of aliphatic carboxylic acids is 1. The number of nitrogens with zero attached hydrogens (tertiary/aromatic N) is 4. The molecule has 4 heterocycles. The number of rotatable bonds is 10. The van der Waals surface area contributed by atoms with Crippen LogP contribution in [0.3, 0.4) is 0 Å². The van der Waals surface area contributed by atoms with Crippen LogP contribution in [-0.4, -0.2) is 90.4 Å². The van der Waals surface area contributed by atoms with Gasteiger partial charge in [0.25, 0.3) is 20.4 Å². The van der Waals surface area contributed by atoms with Gasteiger partial charge in [-0.05, 0) is 18.9 Å². The summed E-state index contributed by atoms with van der Waals surface area (Å²) in [7, 11) is -7.18. The Morgan fingerprint density at radius 2 is 1.86 bits per heavy atom. The number of carboxylic acid groups (broad SMARTS) is 1. The van der Waals surface area contributed by atoms with Gasteiger partial charge in [-0.2, -0.15) is 16.8 Å². The maximum Gasteiger partial charge on any atom is 1.00 e. The average molecular weight is 585 g/mol. The number of amides is 1. The van der Waals surface area contributed by atoms with E-state index in [0.29, 0.717) is 4.88 Å². The molecule has 0 spiro atoms. The zero-order valence-corrected chi connectivity index (χ0v) is 24.5. The predicted octanol–water partition coefficient (Wildman–Crippen LogP) is -6.11. The fourth-order valence-electron chi connectivity index (χ4n) is 4.30. The van der Waals surface area contributed by atoms with Crippen molar-refractivity contribution in [2.45, 2.75) is 25.5 Å². The van der Waals surface area contributed by atoms with Crippen LogP contribution in [0.15, 0.2) is 18.2 Å². The van der Waals surface area contributed by atoms with Crippen LogP contribution in [0.5, 0.6) is 0 Å². The third-order valence-corrected chi connectivity index (χ3v) is 10.7. The first-order valence-electron chi connectivity index (χ1n) is 10.4. The van der Waals surface area contributed by atoms with E-state index in [-0.39, 0.29) is 61.5 Å². The van der Waals surface area contributed by atoms with E-state index in [1.165, 1.54) is 23.8 Å². The average Bonchev–Trinajstić information content (AvgIpc) is 3.47. The van der Waals surface area contributed by atoms with Gasteiger partial charge in [0.15, 0.2) is 0 Å². The third-order valence-electron chi connectivity index (χ3n) is 6.02. The zero-order chi connectivity index (χ0) is 26.7. The number of carboxylic acids is 1. The molecule has 0 unspecified atom stereocenters. The molecule has 2 aliphatic rings. The van der Waals surface area contributed by atoms with Crippen molar-refractivity contribution in [1.29, 1.82) is 0 Å². The molecule has 4 rings (SSSR count). The Bertz CT molecular complexity index is 1490. The molecule has 15 nitrogen and oxygen atoms in total. The van der Waals surface area contributed by atoms with Crippen molar-refractivity contribution < 1.29 is 71.0 Å². The smallest absolute Gasteiger partial charge is 0.543 e. The molecule has 0 aliphatic carbocycles. The van der Waals surface area contributed by atoms with E-state index in [9.17, 15) is 41.4 Å². The quantitative estimate of drug-likeness (QED) is 0.137. The maximum absolute atomic E-state index is 12.9. The summed E-state index contributed by atoms with van der Waals surface area (Å²) < 4.78 is 53.9. The van der Waals surface area contributed by atoms with Gasteiger partial charge in [0.2, 0.25) is 11.7 Å². The number of carbonyl (C=O) groups excluding carboxylic acids is 3. The number of fused-ring (bicyclic) bond motifs is 2. The molecule has 3 atom stereocenters. The van der Waals surface area contributed by atoms with E-state index < -0.39 is 62.7 Å². The molecular weight excluding hydrogens is 563 g/mol. The van der Waals surface area contributed by atoms with Crippen molar-refractivity contribution in [1.82, 2.24) is 27.4 Å². The van der Waals surface area contributed by atoms with E-state index in [1.807, 2.05) is 9.44 Å². The fraction of sp³-hybridized carbons (Fsp3) is 0.444. The molecular formula is C18H21N6NaO9S3. The monoisotopic (exact) mass is 584 g/mol. The second-order valence-corrected chi connectivity index (χ2v) is 12.9. The molecule has 3 N–H and O–H groups in total. The SMILES string of the molecule is CNS(=O)(=O)N(CC(=O)c1ncn2cc(C3=C(C(=O)[O-])N4C(=O)[C@H]([C@@H](C)O)[C@H]4C3)sc12)S(=O)(=O)NC.[Na+]. The Morgan fingerprint density at radius 1 is 1.27 bits per heavy atom. The number of hydrogen-bond acceptors (Lipinski definition) is 11. The number of aliphatic hydroxyl groups is 1. The van der Waals surface area contributed by atoms with E-state index in [0.717, 1.165) is 30.3 Å². The number of Topliss-reactive ketones (excluding diaryl/α,β-unsaturated/α-hetero) is 1. The molecule has 1 saturated heterocycles. The molecule has 0 bridgehead atoms. The standard InChI is InChI=1S/C18H22N6O9S3.Na/c1-8(25)13-10-4-9(15(18(28)29)24(10)16(13)27)12-6-22-7-21-14(17(22)34-12)11(26)5-23(35(30,31)19-2)36(32,33)20-3;/h6-8,10,13,19-20,25H,4-5H2,1-3H3,(H,28,29);/q;+1/p-1/t8-,10-,13-;/m1./s1. The first-order chi connectivity index (χ1) is 16.7. The Morgan fingerprint density at radius 3 is 2.38 bits per heavy atom. The molecule has 0 saturated carbocycles. The second kappa shape index (κ2) is 10.4. The minimum Gasteiger partial charge on any atom is -0.543 e. The van der Waals surface area contributed by atoms with Gasteiger partial charge in [-0.3, -0.25) is 14.0 Å². The van der Waals surface area contributed by atoms with Gasteiger partial charge in [0.1, 0.15) is 16.9 Å². The summed E-state index contributed by atoms with van der Waals surface area (Å²) in [5.74, 6) is -3.78. The molecule has 1 fully saturated rings. The minimum absolute atomic E-state index is 0. The number of hydrogen-bond donors (Lipinski definition) is 3.